The highest BCUT2D eigenvalue weighted by molar-refractivity contribution is 7.99. The van der Waals surface area contributed by atoms with Crippen LogP contribution in [0, 0.1) is 13.8 Å². The van der Waals surface area contributed by atoms with Crippen LogP contribution >= 0.6 is 23.4 Å². The minimum absolute atomic E-state index is 0.0775. The molecule has 32 heavy (non-hydrogen) atoms. The molecule has 7 nitrogen and oxygen atoms in total. The quantitative estimate of drug-likeness (QED) is 0.338. The molecule has 0 saturated carbocycles. The van der Waals surface area contributed by atoms with Crippen LogP contribution in [0.25, 0.3) is 11.2 Å². The molecule has 0 atom stereocenters. The van der Waals surface area contributed by atoms with E-state index in [1.165, 1.54) is 28.7 Å². The summed E-state index contributed by atoms with van der Waals surface area (Å²) < 4.78 is 1.48. The Hall–Kier alpha value is -3.23. The molecule has 2 aromatic heterocycles. The van der Waals surface area contributed by atoms with Gasteiger partial charge in [-0.15, -0.1) is 0 Å². The average Bonchev–Trinajstić information content (AvgIpc) is 2.78. The SMILES string of the molecule is Cc1ccc(C)c(NC(=O)CSc2nc3nccnc3c(=O)n2Cc2ccccc2Cl)c1. The van der Waals surface area contributed by atoms with Crippen molar-refractivity contribution in [2.45, 2.75) is 25.5 Å². The zero-order valence-electron chi connectivity index (χ0n) is 17.5. The fraction of sp³-hybridized carbons (Fsp3) is 0.174. The van der Waals surface area contributed by atoms with Crippen LogP contribution < -0.4 is 10.9 Å². The number of carbonyl (C=O) groups excluding carboxylic acids is 1. The topological polar surface area (TPSA) is 89.8 Å². The molecule has 0 aliphatic rings. The summed E-state index contributed by atoms with van der Waals surface area (Å²) in [7, 11) is 0. The van der Waals surface area contributed by atoms with E-state index < -0.39 is 0 Å². The van der Waals surface area contributed by atoms with E-state index in [1.807, 2.05) is 50.2 Å². The summed E-state index contributed by atoms with van der Waals surface area (Å²) >= 11 is 7.48. The molecule has 0 unspecified atom stereocenters. The average molecular weight is 466 g/mol. The second kappa shape index (κ2) is 9.50. The summed E-state index contributed by atoms with van der Waals surface area (Å²) in [5.41, 5.74) is 3.64. The van der Waals surface area contributed by atoms with Gasteiger partial charge < -0.3 is 5.32 Å². The number of hydrogen-bond acceptors (Lipinski definition) is 6. The van der Waals surface area contributed by atoms with Crippen LogP contribution in [0.3, 0.4) is 0 Å². The third-order valence-corrected chi connectivity index (χ3v) is 6.19. The van der Waals surface area contributed by atoms with Crippen molar-refractivity contribution >= 4 is 46.1 Å². The maximum Gasteiger partial charge on any atom is 0.282 e. The van der Waals surface area contributed by atoms with Crippen LogP contribution in [-0.2, 0) is 11.3 Å². The standard InChI is InChI=1S/C23H20ClN5O2S/c1-14-7-8-15(2)18(11-14)27-19(30)13-32-23-28-21-20(25-9-10-26-21)22(31)29(23)12-16-5-3-4-6-17(16)24/h3-11H,12-13H2,1-2H3,(H,27,30). The maximum absolute atomic E-state index is 13.1. The van der Waals surface area contributed by atoms with Gasteiger partial charge in [0.05, 0.1) is 12.3 Å². The zero-order valence-corrected chi connectivity index (χ0v) is 19.1. The number of aryl methyl sites for hydroxylation is 2. The Labute approximate surface area is 193 Å². The fourth-order valence-electron chi connectivity index (χ4n) is 3.16. The van der Waals surface area contributed by atoms with E-state index in [4.69, 9.17) is 11.6 Å². The van der Waals surface area contributed by atoms with Crippen LogP contribution in [0.2, 0.25) is 5.02 Å². The molecule has 4 aromatic rings. The molecule has 162 valence electrons. The number of hydrogen-bond donors (Lipinski definition) is 1. The van der Waals surface area contributed by atoms with Crippen molar-refractivity contribution in [1.29, 1.82) is 0 Å². The van der Waals surface area contributed by atoms with E-state index in [1.54, 1.807) is 6.07 Å². The Morgan fingerprint density at radius 1 is 1.12 bits per heavy atom. The molecule has 4 rings (SSSR count). The Bertz CT molecular complexity index is 1370. The number of anilines is 1. The predicted molar refractivity (Wildman–Crippen MR) is 127 cm³/mol. The maximum atomic E-state index is 13.1. The lowest BCUT2D eigenvalue weighted by atomic mass is 10.1. The fourth-order valence-corrected chi connectivity index (χ4v) is 4.14. The normalized spacial score (nSPS) is 11.0. The third-order valence-electron chi connectivity index (χ3n) is 4.84. The first-order chi connectivity index (χ1) is 15.4. The second-order valence-electron chi connectivity index (χ2n) is 7.26. The third kappa shape index (κ3) is 4.81. The minimum Gasteiger partial charge on any atom is -0.325 e. The highest BCUT2D eigenvalue weighted by atomic mass is 35.5. The number of halogens is 1. The van der Waals surface area contributed by atoms with E-state index >= 15 is 0 Å². The smallest absolute Gasteiger partial charge is 0.282 e. The number of rotatable bonds is 6. The molecule has 1 N–H and O–H groups in total. The summed E-state index contributed by atoms with van der Waals surface area (Å²) in [6.45, 7) is 4.11. The molecular formula is C23H20ClN5O2S. The monoisotopic (exact) mass is 465 g/mol. The Balaban J connectivity index is 1.63. The summed E-state index contributed by atoms with van der Waals surface area (Å²) in [6.07, 6.45) is 2.94. The number of aromatic nitrogens is 4. The largest absolute Gasteiger partial charge is 0.325 e. The summed E-state index contributed by atoms with van der Waals surface area (Å²) in [6, 6.07) is 13.2. The lowest BCUT2D eigenvalue weighted by Gasteiger charge is -2.14. The Morgan fingerprint density at radius 3 is 2.72 bits per heavy atom. The van der Waals surface area contributed by atoms with Gasteiger partial charge in [0.1, 0.15) is 0 Å². The van der Waals surface area contributed by atoms with Crippen molar-refractivity contribution in [3.8, 4) is 0 Å². The number of carbonyl (C=O) groups is 1. The van der Waals surface area contributed by atoms with Crippen molar-refractivity contribution in [2.24, 2.45) is 0 Å². The molecule has 0 bridgehead atoms. The zero-order chi connectivity index (χ0) is 22.7. The summed E-state index contributed by atoms with van der Waals surface area (Å²) in [5, 5.41) is 3.85. The summed E-state index contributed by atoms with van der Waals surface area (Å²) in [4.78, 5) is 38.6. The van der Waals surface area contributed by atoms with E-state index in [2.05, 4.69) is 20.3 Å². The summed E-state index contributed by atoms with van der Waals surface area (Å²) in [5.74, 6) is -0.116. The van der Waals surface area contributed by atoms with Gasteiger partial charge in [-0.1, -0.05) is 53.7 Å². The van der Waals surface area contributed by atoms with E-state index in [0.717, 1.165) is 22.4 Å². The molecule has 2 heterocycles. The van der Waals surface area contributed by atoms with Crippen molar-refractivity contribution in [3.63, 3.8) is 0 Å². The van der Waals surface area contributed by atoms with Crippen LogP contribution in [0.1, 0.15) is 16.7 Å². The minimum atomic E-state index is -0.333. The highest BCUT2D eigenvalue weighted by Crippen LogP contribution is 2.22. The highest BCUT2D eigenvalue weighted by Gasteiger charge is 2.16. The molecule has 0 spiro atoms. The number of amides is 1. The van der Waals surface area contributed by atoms with Crippen LogP contribution in [-0.4, -0.2) is 31.2 Å². The first kappa shape index (κ1) is 22.0. The molecule has 9 heteroatoms. The van der Waals surface area contributed by atoms with Gasteiger partial charge >= 0.3 is 0 Å². The molecule has 0 aliphatic heterocycles. The van der Waals surface area contributed by atoms with Crippen LogP contribution in [0.15, 0.2) is 64.8 Å². The van der Waals surface area contributed by atoms with Crippen molar-refractivity contribution in [3.05, 3.63) is 86.9 Å². The number of benzene rings is 2. The van der Waals surface area contributed by atoms with Gasteiger partial charge in [0.15, 0.2) is 16.3 Å². The molecule has 0 aliphatic carbocycles. The van der Waals surface area contributed by atoms with Gasteiger partial charge in [-0.05, 0) is 42.7 Å². The number of nitrogens with zero attached hydrogens (tertiary/aromatic N) is 4. The molecule has 0 fully saturated rings. The Kier molecular flexibility index (Phi) is 6.53. The van der Waals surface area contributed by atoms with E-state index in [0.29, 0.717) is 10.2 Å². The lowest BCUT2D eigenvalue weighted by Crippen LogP contribution is -2.26. The molecule has 1 amide bonds. The second-order valence-corrected chi connectivity index (χ2v) is 8.61. The van der Waals surface area contributed by atoms with E-state index in [-0.39, 0.29) is 34.9 Å². The van der Waals surface area contributed by atoms with Crippen molar-refractivity contribution in [1.82, 2.24) is 19.5 Å². The van der Waals surface area contributed by atoms with Crippen molar-refractivity contribution < 1.29 is 4.79 Å². The predicted octanol–water partition coefficient (Wildman–Crippen LogP) is 4.24. The first-order valence-corrected chi connectivity index (χ1v) is 11.2. The van der Waals surface area contributed by atoms with Crippen molar-refractivity contribution in [2.75, 3.05) is 11.1 Å². The van der Waals surface area contributed by atoms with E-state index in [9.17, 15) is 9.59 Å². The van der Waals surface area contributed by atoms with Gasteiger partial charge in [0, 0.05) is 23.1 Å². The molecular weight excluding hydrogens is 446 g/mol. The lowest BCUT2D eigenvalue weighted by molar-refractivity contribution is -0.113. The van der Waals surface area contributed by atoms with Gasteiger partial charge in [-0.3, -0.25) is 14.2 Å². The Morgan fingerprint density at radius 2 is 1.91 bits per heavy atom. The first-order valence-electron chi connectivity index (χ1n) is 9.87. The van der Waals surface area contributed by atoms with Gasteiger partial charge in [0.25, 0.3) is 5.56 Å². The van der Waals surface area contributed by atoms with Gasteiger partial charge in [-0.2, -0.15) is 0 Å². The molecule has 0 radical (unpaired) electrons. The number of thioether (sulfide) groups is 1. The number of nitrogens with one attached hydrogen (secondary N) is 1. The van der Waals surface area contributed by atoms with Gasteiger partial charge in [0.2, 0.25) is 5.91 Å². The van der Waals surface area contributed by atoms with Gasteiger partial charge in [-0.25, -0.2) is 15.0 Å². The number of fused-ring (bicyclic) bond motifs is 1. The van der Waals surface area contributed by atoms with Crippen LogP contribution in [0.4, 0.5) is 5.69 Å². The molecule has 2 aromatic carbocycles. The molecule has 0 saturated heterocycles. The van der Waals surface area contributed by atoms with Crippen LogP contribution in [0.5, 0.6) is 0 Å².